The van der Waals surface area contributed by atoms with Gasteiger partial charge in [0.05, 0.1) is 19.8 Å². The second-order valence-electron chi connectivity index (χ2n) is 13.3. The first kappa shape index (κ1) is 50.7. The van der Waals surface area contributed by atoms with Gasteiger partial charge < -0.3 is 24.6 Å². The van der Waals surface area contributed by atoms with Crippen LogP contribution in [0.3, 0.4) is 0 Å². The number of carbonyl (C=O) groups is 2. The molecule has 0 spiro atoms. The van der Waals surface area contributed by atoms with E-state index in [1.807, 2.05) is 0 Å². The lowest BCUT2D eigenvalue weighted by molar-refractivity contribution is -0.161. The maximum atomic E-state index is 12.6. The molecule has 0 aliphatic rings. The van der Waals surface area contributed by atoms with Crippen molar-refractivity contribution in [3.05, 3.63) is 60.8 Å². The predicted molar refractivity (Wildman–Crippen MR) is 214 cm³/mol. The summed E-state index contributed by atoms with van der Waals surface area (Å²) in [5.74, 6) is -0.997. The molecule has 0 heterocycles. The number of allylic oxidation sites excluding steroid dienone is 10. The van der Waals surface area contributed by atoms with Gasteiger partial charge in [-0.3, -0.25) is 18.6 Å². The Bertz CT molecular complexity index is 1070. The van der Waals surface area contributed by atoms with E-state index in [-0.39, 0.29) is 19.4 Å². The average Bonchev–Trinajstić information content (AvgIpc) is 3.14. The lowest BCUT2D eigenvalue weighted by Gasteiger charge is -2.20. The van der Waals surface area contributed by atoms with Gasteiger partial charge in [0, 0.05) is 12.8 Å². The molecule has 0 aromatic rings. The van der Waals surface area contributed by atoms with Crippen LogP contribution >= 0.6 is 7.82 Å². The largest absolute Gasteiger partial charge is 0.472 e. The van der Waals surface area contributed by atoms with Crippen molar-refractivity contribution < 1.29 is 47.8 Å². The monoisotopic (exact) mass is 768 g/mol. The molecule has 53 heavy (non-hydrogen) atoms. The molecular weight excluding hydrogens is 695 g/mol. The minimum Gasteiger partial charge on any atom is -0.462 e. The van der Waals surface area contributed by atoms with Gasteiger partial charge in [-0.25, -0.2) is 4.57 Å². The Balaban J connectivity index is 4.44. The van der Waals surface area contributed by atoms with Gasteiger partial charge in [0.2, 0.25) is 0 Å². The number of rotatable bonds is 37. The third-order valence-corrected chi connectivity index (χ3v) is 9.11. The molecule has 11 heteroatoms. The zero-order valence-corrected chi connectivity index (χ0v) is 33.9. The second kappa shape index (κ2) is 38.0. The molecule has 3 N–H and O–H groups in total. The van der Waals surface area contributed by atoms with Gasteiger partial charge in [-0.2, -0.15) is 0 Å². The number of aliphatic hydroxyl groups is 2. The summed E-state index contributed by atoms with van der Waals surface area (Å²) >= 11 is 0. The van der Waals surface area contributed by atoms with Crippen molar-refractivity contribution in [1.82, 2.24) is 0 Å². The number of unbranched alkanes of at least 4 members (excludes halogenated alkanes) is 13. The minimum atomic E-state index is -4.63. The zero-order chi connectivity index (χ0) is 39.1. The SMILES string of the molecule is CC/C=C/C/C=C/C/C=C/C/C=C/CCCCC(=O)OC[C@H](COP(=O)(O)OC[C@@H](O)CO)OC(=O)CCCCC/C=C/CCCCCCCCCC. The molecule has 0 rings (SSSR count). The van der Waals surface area contributed by atoms with E-state index in [9.17, 15) is 24.2 Å². The van der Waals surface area contributed by atoms with E-state index in [1.54, 1.807) is 0 Å². The number of esters is 2. The predicted octanol–water partition coefficient (Wildman–Crippen LogP) is 10.3. The lowest BCUT2D eigenvalue weighted by Crippen LogP contribution is -2.29. The van der Waals surface area contributed by atoms with Crippen molar-refractivity contribution in [2.24, 2.45) is 0 Å². The van der Waals surface area contributed by atoms with Gasteiger partial charge in [-0.15, -0.1) is 0 Å². The topological polar surface area (TPSA) is 149 Å². The van der Waals surface area contributed by atoms with Crippen molar-refractivity contribution in [3.8, 4) is 0 Å². The fraction of sp³-hybridized carbons (Fsp3) is 0.714. The summed E-state index contributed by atoms with van der Waals surface area (Å²) in [5, 5.41) is 18.3. The van der Waals surface area contributed by atoms with Gasteiger partial charge in [0.15, 0.2) is 6.10 Å². The Morgan fingerprint density at radius 1 is 0.585 bits per heavy atom. The van der Waals surface area contributed by atoms with Crippen molar-refractivity contribution in [2.75, 3.05) is 26.4 Å². The molecule has 0 bridgehead atoms. The lowest BCUT2D eigenvalue weighted by atomic mass is 10.1. The van der Waals surface area contributed by atoms with Crippen molar-refractivity contribution in [2.45, 2.75) is 167 Å². The first-order chi connectivity index (χ1) is 25.7. The van der Waals surface area contributed by atoms with Crippen LogP contribution in [-0.4, -0.2) is 65.7 Å². The first-order valence-corrected chi connectivity index (χ1v) is 21.7. The number of phosphoric ester groups is 1. The fourth-order valence-corrected chi connectivity index (χ4v) is 5.83. The quantitative estimate of drug-likeness (QED) is 0.0241. The van der Waals surface area contributed by atoms with E-state index in [4.69, 9.17) is 19.1 Å². The van der Waals surface area contributed by atoms with Gasteiger partial charge in [0.1, 0.15) is 12.7 Å². The summed E-state index contributed by atoms with van der Waals surface area (Å²) in [6.45, 7) is 2.18. The molecule has 0 radical (unpaired) electrons. The molecule has 0 amide bonds. The number of hydrogen-bond donors (Lipinski definition) is 3. The van der Waals surface area contributed by atoms with Gasteiger partial charge >= 0.3 is 19.8 Å². The second-order valence-corrected chi connectivity index (χ2v) is 14.7. The standard InChI is InChI=1S/C42H73O10P/c1-3-5-7-9-11-13-15-17-19-21-23-25-27-29-31-33-41(45)49-37-40(38-51-53(47,48)50-36-39(44)35-43)52-42(46)34-32-30-28-26-24-22-20-18-16-14-12-10-8-6-4-2/h5,7,11,13,17,19,22-25,39-40,43-44H,3-4,6,8-10,12,14-16,18,20-21,26-38H2,1-2H3,(H,47,48)/b7-5+,13-11+,19-17+,24-22+,25-23+/t39-,40+/m0/s1. The zero-order valence-electron chi connectivity index (χ0n) is 33.0. The number of aliphatic hydroxyl groups excluding tert-OH is 2. The summed E-state index contributed by atoms with van der Waals surface area (Å²) in [6.07, 6.45) is 40.5. The van der Waals surface area contributed by atoms with Gasteiger partial charge in [0.25, 0.3) is 0 Å². The smallest absolute Gasteiger partial charge is 0.462 e. The highest BCUT2D eigenvalue weighted by Crippen LogP contribution is 2.43. The van der Waals surface area contributed by atoms with Crippen LogP contribution in [0.2, 0.25) is 0 Å². The molecule has 0 saturated heterocycles. The van der Waals surface area contributed by atoms with Gasteiger partial charge in [-0.1, -0.05) is 126 Å². The van der Waals surface area contributed by atoms with Crippen molar-refractivity contribution in [3.63, 3.8) is 0 Å². The summed E-state index contributed by atoms with van der Waals surface area (Å²) in [4.78, 5) is 34.9. The molecule has 0 aliphatic carbocycles. The highest BCUT2D eigenvalue weighted by molar-refractivity contribution is 7.47. The van der Waals surface area contributed by atoms with Crippen LogP contribution in [0.15, 0.2) is 60.8 Å². The molecule has 306 valence electrons. The van der Waals surface area contributed by atoms with E-state index in [2.05, 4.69) is 79.1 Å². The van der Waals surface area contributed by atoms with E-state index >= 15 is 0 Å². The Morgan fingerprint density at radius 2 is 1.04 bits per heavy atom. The van der Waals surface area contributed by atoms with Crippen LogP contribution in [0.1, 0.15) is 155 Å². The first-order valence-electron chi connectivity index (χ1n) is 20.2. The molecule has 0 aromatic heterocycles. The number of hydrogen-bond acceptors (Lipinski definition) is 9. The number of phosphoric acid groups is 1. The Hall–Kier alpha value is -2.33. The third-order valence-electron chi connectivity index (χ3n) is 8.16. The molecule has 3 atom stereocenters. The minimum absolute atomic E-state index is 0.152. The number of carbonyl (C=O) groups excluding carboxylic acids is 2. The molecule has 0 aliphatic heterocycles. The van der Waals surface area contributed by atoms with Crippen LogP contribution in [0.25, 0.3) is 0 Å². The molecule has 0 saturated carbocycles. The molecule has 1 unspecified atom stereocenters. The van der Waals surface area contributed by atoms with E-state index in [0.717, 1.165) is 64.2 Å². The summed E-state index contributed by atoms with van der Waals surface area (Å²) < 4.78 is 32.6. The van der Waals surface area contributed by atoms with E-state index in [1.165, 1.54) is 51.4 Å². The third kappa shape index (κ3) is 37.8. The van der Waals surface area contributed by atoms with Crippen LogP contribution in [0, 0.1) is 0 Å². The number of ether oxygens (including phenoxy) is 2. The maximum absolute atomic E-state index is 12.6. The summed E-state index contributed by atoms with van der Waals surface area (Å²) in [6, 6.07) is 0. The van der Waals surface area contributed by atoms with Crippen molar-refractivity contribution >= 4 is 19.8 Å². The molecule has 0 fully saturated rings. The highest BCUT2D eigenvalue weighted by atomic mass is 31.2. The van der Waals surface area contributed by atoms with Gasteiger partial charge in [-0.05, 0) is 77.0 Å². The van der Waals surface area contributed by atoms with E-state index < -0.39 is 51.8 Å². The summed E-state index contributed by atoms with van der Waals surface area (Å²) in [5.41, 5.74) is 0. The molecular formula is C42H73O10P. The van der Waals surface area contributed by atoms with Crippen LogP contribution in [0.4, 0.5) is 0 Å². The Labute approximate surface area is 321 Å². The van der Waals surface area contributed by atoms with Crippen LogP contribution in [-0.2, 0) is 32.7 Å². The fourth-order valence-electron chi connectivity index (χ4n) is 5.04. The molecule has 10 nitrogen and oxygen atoms in total. The Kier molecular flexibility index (Phi) is 36.3. The molecule has 0 aromatic carbocycles. The normalized spacial score (nSPS) is 14.6. The van der Waals surface area contributed by atoms with Crippen LogP contribution in [0.5, 0.6) is 0 Å². The average molecular weight is 769 g/mol. The summed E-state index contributed by atoms with van der Waals surface area (Å²) in [7, 11) is -4.63. The maximum Gasteiger partial charge on any atom is 0.472 e. The van der Waals surface area contributed by atoms with Crippen molar-refractivity contribution in [1.29, 1.82) is 0 Å². The Morgan fingerprint density at radius 3 is 1.62 bits per heavy atom. The van der Waals surface area contributed by atoms with E-state index in [0.29, 0.717) is 12.8 Å². The highest BCUT2D eigenvalue weighted by Gasteiger charge is 2.27. The van der Waals surface area contributed by atoms with Crippen LogP contribution < -0.4 is 0 Å².